The van der Waals surface area contributed by atoms with Crippen LogP contribution in [-0.4, -0.2) is 61.4 Å². The minimum atomic E-state index is -2.85. The zero-order valence-electron chi connectivity index (χ0n) is 31.6. The van der Waals surface area contributed by atoms with E-state index in [1.807, 2.05) is 74.4 Å². The smallest absolute Gasteiger partial charge is 0.265 e. The molecule has 0 saturated carbocycles. The molecule has 0 unspecified atom stereocenters. The van der Waals surface area contributed by atoms with Crippen LogP contribution < -0.4 is 9.47 Å². The fourth-order valence-electron chi connectivity index (χ4n) is 8.33. The first-order valence-corrected chi connectivity index (χ1v) is 21.8. The number of fused-ring (bicyclic) bond motifs is 5. The molecule has 278 valence electrons. The second kappa shape index (κ2) is 13.4. The molecule has 1 aromatic heterocycles. The average Bonchev–Trinajstić information content (AvgIpc) is 3.51. The van der Waals surface area contributed by atoms with Crippen molar-refractivity contribution in [2.24, 2.45) is 11.8 Å². The van der Waals surface area contributed by atoms with Crippen LogP contribution in [0.3, 0.4) is 0 Å². The predicted octanol–water partition coefficient (Wildman–Crippen LogP) is 9.49. The number of Topliss-reactive ketones (excluding diaryl/α,β-unsaturated/α-hetero) is 2. The van der Waals surface area contributed by atoms with Crippen LogP contribution in [0.1, 0.15) is 76.4 Å². The summed E-state index contributed by atoms with van der Waals surface area (Å²) in [6.45, 7) is 16.6. The Morgan fingerprint density at radius 2 is 1.81 bits per heavy atom. The lowest BCUT2D eigenvalue weighted by atomic mass is 9.58. The Morgan fingerprint density at radius 3 is 2.47 bits per heavy atom. The van der Waals surface area contributed by atoms with Gasteiger partial charge in [0.1, 0.15) is 30.3 Å². The topological polar surface area (TPSA) is 111 Å². The van der Waals surface area contributed by atoms with E-state index in [0.29, 0.717) is 29.9 Å². The van der Waals surface area contributed by atoms with E-state index in [9.17, 15) is 5.11 Å². The number of aliphatic hydroxyl groups is 1. The van der Waals surface area contributed by atoms with Crippen LogP contribution >= 0.6 is 15.9 Å². The molecule has 0 radical (unpaired) electrons. The highest BCUT2D eigenvalue weighted by Gasteiger charge is 2.67. The average molecular weight is 800 g/mol. The van der Waals surface area contributed by atoms with Crippen molar-refractivity contribution in [2.75, 3.05) is 20.7 Å². The lowest BCUT2D eigenvalue weighted by molar-refractivity contribution is -0.0480. The van der Waals surface area contributed by atoms with Crippen molar-refractivity contribution < 1.29 is 33.1 Å². The molecule has 3 aliphatic carbocycles. The number of benzene rings is 3. The van der Waals surface area contributed by atoms with Gasteiger partial charge in [-0.3, -0.25) is 14.5 Å². The third kappa shape index (κ3) is 5.82. The van der Waals surface area contributed by atoms with Gasteiger partial charge in [-0.1, -0.05) is 79.7 Å². The Bertz CT molecular complexity index is 2180. The molecular formula is C42H47BrN2O7Si. The maximum Gasteiger partial charge on any atom is 0.265 e. The molecule has 1 N–H and O–H groups in total. The summed E-state index contributed by atoms with van der Waals surface area (Å²) in [5.41, 5.74) is 1.42. The molecular weight excluding hydrogens is 752 g/mol. The number of halogens is 1. The first kappa shape index (κ1) is 37.3. The molecule has 7 rings (SSSR count). The Hall–Kier alpha value is -4.03. The standard InChI is InChI=1S/C42H47BrN2O7Si/c1-10-18-49-36-27-17-16-26(43)21-28(27)23(2)31-29(36)19-25-20-30-34(45(6)7)37-33(40(44-51-37)50-22-24-14-12-11-13-15-24)39(48)42(30,38(47)32(25)35(31)46)52-53(8,9)41(3,4)5/h10-17,21,25,30,34,47H,1,18-20,22H2,2-9H3/t25-,30-,34-,42-/m0/s1. The second-order valence-corrected chi connectivity index (χ2v) is 21.9. The van der Waals surface area contributed by atoms with E-state index in [0.717, 1.165) is 31.9 Å². The van der Waals surface area contributed by atoms with Gasteiger partial charge in [0.2, 0.25) is 5.78 Å². The number of aryl methyl sites for hydroxylation is 1. The quantitative estimate of drug-likeness (QED) is 0.131. The third-order valence-electron chi connectivity index (χ3n) is 11.8. The van der Waals surface area contributed by atoms with Crippen molar-refractivity contribution in [3.8, 4) is 11.6 Å². The molecule has 0 bridgehead atoms. The van der Waals surface area contributed by atoms with Gasteiger partial charge in [0.05, 0.1) is 6.04 Å². The minimum Gasteiger partial charge on any atom is -0.508 e. The number of hydrogen-bond acceptors (Lipinski definition) is 9. The first-order valence-electron chi connectivity index (χ1n) is 18.1. The van der Waals surface area contributed by atoms with Crippen molar-refractivity contribution >= 4 is 46.6 Å². The van der Waals surface area contributed by atoms with E-state index >= 15 is 9.59 Å². The maximum atomic E-state index is 15.5. The van der Waals surface area contributed by atoms with Crippen LogP contribution in [0.15, 0.2) is 81.5 Å². The third-order valence-corrected chi connectivity index (χ3v) is 16.8. The zero-order chi connectivity index (χ0) is 38.2. The number of aliphatic hydroxyl groups excluding tert-OH is 1. The first-order chi connectivity index (χ1) is 25.0. The molecule has 9 nitrogen and oxygen atoms in total. The zero-order valence-corrected chi connectivity index (χ0v) is 34.2. The summed E-state index contributed by atoms with van der Waals surface area (Å²) >= 11 is 3.60. The van der Waals surface area contributed by atoms with Crippen LogP contribution in [0, 0.1) is 18.8 Å². The molecule has 11 heteroatoms. The molecule has 0 fully saturated rings. The minimum absolute atomic E-state index is 0.0366. The Labute approximate surface area is 320 Å². The van der Waals surface area contributed by atoms with Crippen molar-refractivity contribution in [1.29, 1.82) is 0 Å². The van der Waals surface area contributed by atoms with Gasteiger partial charge >= 0.3 is 0 Å². The fraction of sp³-hybridized carbons (Fsp3) is 0.405. The molecule has 0 spiro atoms. The van der Waals surface area contributed by atoms with Crippen LogP contribution in [-0.2, 0) is 17.5 Å². The van der Waals surface area contributed by atoms with Crippen molar-refractivity contribution in [2.45, 2.75) is 76.9 Å². The lowest BCUT2D eigenvalue weighted by Crippen LogP contribution is -2.65. The Morgan fingerprint density at radius 1 is 1.09 bits per heavy atom. The monoisotopic (exact) mass is 798 g/mol. The highest BCUT2D eigenvalue weighted by molar-refractivity contribution is 9.10. The molecule has 53 heavy (non-hydrogen) atoms. The summed E-state index contributed by atoms with van der Waals surface area (Å²) in [5, 5.41) is 18.7. The second-order valence-electron chi connectivity index (χ2n) is 16.3. The van der Waals surface area contributed by atoms with E-state index in [4.69, 9.17) is 18.4 Å². The van der Waals surface area contributed by atoms with Gasteiger partial charge in [-0.15, -0.1) is 0 Å². The number of carbonyl (C=O) groups is 2. The van der Waals surface area contributed by atoms with E-state index in [2.05, 4.69) is 61.5 Å². The summed E-state index contributed by atoms with van der Waals surface area (Å²) in [4.78, 5) is 32.6. The van der Waals surface area contributed by atoms with Crippen LogP contribution in [0.4, 0.5) is 0 Å². The maximum absolute atomic E-state index is 15.5. The van der Waals surface area contributed by atoms with Gasteiger partial charge in [0.15, 0.2) is 25.5 Å². The van der Waals surface area contributed by atoms with Gasteiger partial charge < -0.3 is 23.5 Å². The van der Waals surface area contributed by atoms with E-state index in [1.54, 1.807) is 6.08 Å². The number of rotatable bonds is 9. The largest absolute Gasteiger partial charge is 0.508 e. The Balaban J connectivity index is 1.47. The molecule has 0 aliphatic heterocycles. The Kier molecular flexibility index (Phi) is 9.41. The molecule has 4 atom stereocenters. The van der Waals surface area contributed by atoms with E-state index in [-0.39, 0.29) is 46.8 Å². The summed E-state index contributed by atoms with van der Waals surface area (Å²) in [7, 11) is 0.989. The number of ketones is 2. The van der Waals surface area contributed by atoms with Gasteiger partial charge in [0, 0.05) is 32.5 Å². The number of hydrogen-bond donors (Lipinski definition) is 1. The number of aromatic nitrogens is 1. The highest BCUT2D eigenvalue weighted by Crippen LogP contribution is 2.60. The van der Waals surface area contributed by atoms with Crippen LogP contribution in [0.2, 0.25) is 18.1 Å². The van der Waals surface area contributed by atoms with E-state index in [1.165, 1.54) is 0 Å². The van der Waals surface area contributed by atoms with E-state index < -0.39 is 37.6 Å². The van der Waals surface area contributed by atoms with Gasteiger partial charge in [-0.05, 0) is 97.8 Å². The van der Waals surface area contributed by atoms with Crippen molar-refractivity contribution in [1.82, 2.24) is 10.1 Å². The lowest BCUT2D eigenvalue weighted by Gasteiger charge is -2.55. The molecule has 3 aliphatic rings. The van der Waals surface area contributed by atoms with Crippen molar-refractivity contribution in [3.05, 3.63) is 111 Å². The van der Waals surface area contributed by atoms with Gasteiger partial charge in [-0.25, -0.2) is 0 Å². The van der Waals surface area contributed by atoms with Gasteiger partial charge in [-0.2, -0.15) is 0 Å². The highest BCUT2D eigenvalue weighted by atomic mass is 79.9. The molecule has 4 aromatic rings. The summed E-state index contributed by atoms with van der Waals surface area (Å²) in [6, 6.07) is 15.0. The number of ether oxygens (including phenoxy) is 2. The predicted molar refractivity (Wildman–Crippen MR) is 210 cm³/mol. The van der Waals surface area contributed by atoms with Crippen LogP contribution in [0.25, 0.3) is 10.8 Å². The van der Waals surface area contributed by atoms with Gasteiger partial charge in [0.25, 0.3) is 5.88 Å². The summed E-state index contributed by atoms with van der Waals surface area (Å²) in [6.07, 6.45) is 2.48. The SMILES string of the molecule is C=CCOc1c2c(c(C)c3cc(Br)ccc13)C(=O)C1=C(O)[C@]3(O[Si](C)(C)C(C)(C)C)C(=O)c4c(OCc5ccccc5)noc4[C@@H](N(C)C)[C@@H]3C[C@@H]1C2. The molecule has 3 aromatic carbocycles. The number of allylic oxidation sites excluding steroid dienone is 1. The molecule has 0 saturated heterocycles. The number of carbonyl (C=O) groups excluding carboxylic acids is 2. The summed E-state index contributed by atoms with van der Waals surface area (Å²) < 4.78 is 26.7. The number of nitrogens with zero attached hydrogens (tertiary/aromatic N) is 2. The normalized spacial score (nSPS) is 22.7. The summed E-state index contributed by atoms with van der Waals surface area (Å²) in [5.74, 6) is -1.16. The van der Waals surface area contributed by atoms with Crippen molar-refractivity contribution in [3.63, 3.8) is 0 Å². The molecule has 0 amide bonds. The van der Waals surface area contributed by atoms with Crippen LogP contribution in [0.5, 0.6) is 11.6 Å². The fourth-order valence-corrected chi connectivity index (χ4v) is 10.1. The molecule has 1 heterocycles.